The van der Waals surface area contributed by atoms with Gasteiger partial charge in [0.15, 0.2) is 0 Å². The summed E-state index contributed by atoms with van der Waals surface area (Å²) in [5.74, 6) is 1.04. The molecule has 9 heteroatoms. The van der Waals surface area contributed by atoms with Gasteiger partial charge in [-0.05, 0) is 12.1 Å². The van der Waals surface area contributed by atoms with Crippen LogP contribution in [0.3, 0.4) is 0 Å². The highest BCUT2D eigenvalue weighted by Crippen LogP contribution is 2.34. The molecule has 0 spiro atoms. The molecule has 1 fully saturated rings. The van der Waals surface area contributed by atoms with Gasteiger partial charge in [0.1, 0.15) is 5.82 Å². The number of nitrogens with one attached hydrogen (secondary N) is 1. The molecule has 1 N–H and O–H groups in total. The van der Waals surface area contributed by atoms with E-state index in [1.165, 1.54) is 18.2 Å². The number of hydrogen-bond acceptors (Lipinski definition) is 3. The van der Waals surface area contributed by atoms with Crippen molar-refractivity contribution in [3.63, 3.8) is 0 Å². The number of anilines is 1. The molecule has 1 aliphatic heterocycles. The van der Waals surface area contributed by atoms with Crippen LogP contribution < -0.4 is 5.32 Å². The molecule has 1 aromatic carbocycles. The molecule has 2 amide bonds. The van der Waals surface area contributed by atoms with Gasteiger partial charge in [0, 0.05) is 58.1 Å². The number of imidazole rings is 1. The number of alkyl halides is 3. The topological polar surface area (TPSA) is 53.4 Å². The van der Waals surface area contributed by atoms with E-state index < -0.39 is 17.8 Å². The van der Waals surface area contributed by atoms with E-state index in [0.717, 1.165) is 31.4 Å². The van der Waals surface area contributed by atoms with Gasteiger partial charge in [0.2, 0.25) is 0 Å². The molecular formula is C19H24F3N5O. The molecule has 2 aromatic rings. The highest BCUT2D eigenvalue weighted by molar-refractivity contribution is 5.90. The Bertz CT molecular complexity index is 797. The summed E-state index contributed by atoms with van der Waals surface area (Å²) in [7, 11) is 0. The first kappa shape index (κ1) is 20.2. The second-order valence-corrected chi connectivity index (χ2v) is 6.69. The molecule has 0 saturated carbocycles. The maximum absolute atomic E-state index is 13.1. The Hall–Kier alpha value is -2.55. The molecule has 3 rings (SSSR count). The number of halogens is 3. The largest absolute Gasteiger partial charge is 0.418 e. The zero-order valence-electron chi connectivity index (χ0n) is 15.7. The summed E-state index contributed by atoms with van der Waals surface area (Å²) in [6.07, 6.45) is 0.119. The van der Waals surface area contributed by atoms with Crippen LogP contribution in [0.15, 0.2) is 36.7 Å². The van der Waals surface area contributed by atoms with Crippen molar-refractivity contribution in [1.82, 2.24) is 19.4 Å². The third kappa shape index (κ3) is 4.83. The SMILES string of the molecule is CCc1nccn1CCN1CCN(C(=O)Nc2ccccc2C(F)(F)F)CC1. The number of piperazine rings is 1. The molecule has 6 nitrogen and oxygen atoms in total. The minimum absolute atomic E-state index is 0.213. The number of carbonyl (C=O) groups excluding carboxylic acids is 1. The first-order valence-corrected chi connectivity index (χ1v) is 9.33. The van der Waals surface area contributed by atoms with E-state index in [1.807, 2.05) is 6.20 Å². The molecule has 1 aromatic heterocycles. The van der Waals surface area contributed by atoms with Crippen molar-refractivity contribution in [2.75, 3.05) is 38.0 Å². The number of amides is 2. The molecule has 2 heterocycles. The number of para-hydroxylation sites is 1. The summed E-state index contributed by atoms with van der Waals surface area (Å²) >= 11 is 0. The van der Waals surface area contributed by atoms with Crippen molar-refractivity contribution >= 4 is 11.7 Å². The normalized spacial score (nSPS) is 15.6. The van der Waals surface area contributed by atoms with Crippen LogP contribution in [0.4, 0.5) is 23.7 Å². The van der Waals surface area contributed by atoms with Crippen LogP contribution in [0.25, 0.3) is 0 Å². The Morgan fingerprint density at radius 1 is 1.14 bits per heavy atom. The Morgan fingerprint density at radius 2 is 1.86 bits per heavy atom. The van der Waals surface area contributed by atoms with Crippen molar-refractivity contribution in [2.24, 2.45) is 0 Å². The molecule has 152 valence electrons. The third-order valence-corrected chi connectivity index (χ3v) is 4.91. The fourth-order valence-electron chi connectivity index (χ4n) is 3.32. The van der Waals surface area contributed by atoms with Gasteiger partial charge < -0.3 is 14.8 Å². The van der Waals surface area contributed by atoms with E-state index >= 15 is 0 Å². The average molecular weight is 395 g/mol. The van der Waals surface area contributed by atoms with Gasteiger partial charge in [0.25, 0.3) is 0 Å². The van der Waals surface area contributed by atoms with Crippen LogP contribution in [-0.4, -0.2) is 58.1 Å². The van der Waals surface area contributed by atoms with E-state index in [1.54, 1.807) is 11.1 Å². The van der Waals surface area contributed by atoms with E-state index in [0.29, 0.717) is 26.2 Å². The molecule has 1 saturated heterocycles. The maximum Gasteiger partial charge on any atom is 0.418 e. The molecule has 0 atom stereocenters. The molecule has 1 aliphatic rings. The number of benzene rings is 1. The fourth-order valence-corrected chi connectivity index (χ4v) is 3.32. The van der Waals surface area contributed by atoms with Gasteiger partial charge in [0.05, 0.1) is 11.3 Å². The lowest BCUT2D eigenvalue weighted by Gasteiger charge is -2.35. The van der Waals surface area contributed by atoms with Crippen molar-refractivity contribution in [3.05, 3.63) is 48.0 Å². The number of nitrogens with zero attached hydrogens (tertiary/aromatic N) is 4. The van der Waals surface area contributed by atoms with Gasteiger partial charge in [-0.15, -0.1) is 0 Å². The summed E-state index contributed by atoms with van der Waals surface area (Å²) in [5.41, 5.74) is -1.05. The lowest BCUT2D eigenvalue weighted by Crippen LogP contribution is -2.50. The van der Waals surface area contributed by atoms with Crippen LogP contribution >= 0.6 is 0 Å². The minimum Gasteiger partial charge on any atom is -0.334 e. The Balaban J connectivity index is 1.51. The molecule has 28 heavy (non-hydrogen) atoms. The Labute approximate surface area is 161 Å². The molecule has 0 aliphatic carbocycles. The average Bonchev–Trinajstić information content (AvgIpc) is 3.14. The first-order chi connectivity index (χ1) is 13.4. The highest BCUT2D eigenvalue weighted by Gasteiger charge is 2.34. The number of aryl methyl sites for hydroxylation is 1. The summed E-state index contributed by atoms with van der Waals surface area (Å²) < 4.78 is 41.3. The predicted molar refractivity (Wildman–Crippen MR) is 100 cm³/mol. The summed E-state index contributed by atoms with van der Waals surface area (Å²) in [5, 5.41) is 2.41. The lowest BCUT2D eigenvalue weighted by atomic mass is 10.1. The quantitative estimate of drug-likeness (QED) is 0.845. The predicted octanol–water partition coefficient (Wildman–Crippen LogP) is 3.31. The second-order valence-electron chi connectivity index (χ2n) is 6.69. The number of carbonyl (C=O) groups is 1. The monoisotopic (exact) mass is 395 g/mol. The number of rotatable bonds is 5. The van der Waals surface area contributed by atoms with E-state index in [9.17, 15) is 18.0 Å². The smallest absolute Gasteiger partial charge is 0.334 e. The van der Waals surface area contributed by atoms with Gasteiger partial charge in [-0.1, -0.05) is 19.1 Å². The van der Waals surface area contributed by atoms with Gasteiger partial charge in [-0.3, -0.25) is 4.90 Å². The van der Waals surface area contributed by atoms with E-state index in [-0.39, 0.29) is 5.69 Å². The first-order valence-electron chi connectivity index (χ1n) is 9.33. The van der Waals surface area contributed by atoms with Crippen LogP contribution in [0.2, 0.25) is 0 Å². The van der Waals surface area contributed by atoms with E-state index in [2.05, 4.69) is 26.7 Å². The Morgan fingerprint density at radius 3 is 2.54 bits per heavy atom. The summed E-state index contributed by atoms with van der Waals surface area (Å²) in [4.78, 5) is 20.5. The molecule has 0 unspecified atom stereocenters. The lowest BCUT2D eigenvalue weighted by molar-refractivity contribution is -0.136. The highest BCUT2D eigenvalue weighted by atomic mass is 19.4. The number of hydrogen-bond donors (Lipinski definition) is 1. The molecule has 0 bridgehead atoms. The molecule has 0 radical (unpaired) electrons. The van der Waals surface area contributed by atoms with Crippen molar-refractivity contribution in [3.8, 4) is 0 Å². The second kappa shape index (κ2) is 8.64. The Kier molecular flexibility index (Phi) is 6.23. The van der Waals surface area contributed by atoms with Crippen LogP contribution in [0, 0.1) is 0 Å². The van der Waals surface area contributed by atoms with Crippen LogP contribution in [-0.2, 0) is 19.1 Å². The van der Waals surface area contributed by atoms with Crippen LogP contribution in [0.1, 0.15) is 18.3 Å². The van der Waals surface area contributed by atoms with Gasteiger partial charge >= 0.3 is 12.2 Å². The van der Waals surface area contributed by atoms with Crippen molar-refractivity contribution in [1.29, 1.82) is 0 Å². The fraction of sp³-hybridized carbons (Fsp3) is 0.474. The molecular weight excluding hydrogens is 371 g/mol. The summed E-state index contributed by atoms with van der Waals surface area (Å²) in [6.45, 7) is 6.06. The van der Waals surface area contributed by atoms with E-state index in [4.69, 9.17) is 0 Å². The number of aromatic nitrogens is 2. The van der Waals surface area contributed by atoms with Gasteiger partial charge in [-0.2, -0.15) is 13.2 Å². The zero-order valence-corrected chi connectivity index (χ0v) is 15.7. The van der Waals surface area contributed by atoms with Crippen molar-refractivity contribution in [2.45, 2.75) is 26.1 Å². The van der Waals surface area contributed by atoms with Crippen molar-refractivity contribution < 1.29 is 18.0 Å². The minimum atomic E-state index is -4.51. The van der Waals surface area contributed by atoms with Crippen LogP contribution in [0.5, 0.6) is 0 Å². The third-order valence-electron chi connectivity index (χ3n) is 4.91. The maximum atomic E-state index is 13.1. The number of urea groups is 1. The zero-order chi connectivity index (χ0) is 20.1. The van der Waals surface area contributed by atoms with Gasteiger partial charge in [-0.25, -0.2) is 9.78 Å². The standard InChI is InChI=1S/C19H24F3N5O/c1-2-17-23-7-8-26(17)12-9-25-10-13-27(14-11-25)18(28)24-16-6-4-3-5-15(16)19(20,21)22/h3-8H,2,9-14H2,1H3,(H,24,28). The summed E-state index contributed by atoms with van der Waals surface area (Å²) in [6, 6.07) is 4.52.